The molecule has 1 aromatic heterocycles. The van der Waals surface area contributed by atoms with Gasteiger partial charge in [0.1, 0.15) is 11.3 Å². The first-order chi connectivity index (χ1) is 10.7. The number of H-pyrrole nitrogens is 1. The van der Waals surface area contributed by atoms with Gasteiger partial charge in [0.2, 0.25) is 0 Å². The molecule has 0 spiro atoms. The molecule has 0 aliphatic heterocycles. The van der Waals surface area contributed by atoms with Crippen molar-refractivity contribution in [2.75, 3.05) is 12.4 Å². The summed E-state index contributed by atoms with van der Waals surface area (Å²) in [5.41, 5.74) is 2.46. The minimum absolute atomic E-state index is 0.156. The average Bonchev–Trinajstić information content (AvgIpc) is 2.54. The topological polar surface area (TPSA) is 71.2 Å². The summed E-state index contributed by atoms with van der Waals surface area (Å²) in [5.74, 6) is 0.250. The Morgan fingerprint density at radius 2 is 2.05 bits per heavy atom. The van der Waals surface area contributed by atoms with Crippen LogP contribution in [0.4, 0.5) is 5.69 Å². The lowest BCUT2D eigenvalue weighted by Crippen LogP contribution is -2.26. The SMILES string of the molecule is COc1cccc(NC(=O)c2cc3c([nH]c2=O)CCCC3)c1. The molecule has 0 saturated heterocycles. The minimum Gasteiger partial charge on any atom is -0.497 e. The predicted octanol–water partition coefficient (Wildman–Crippen LogP) is 2.51. The van der Waals surface area contributed by atoms with Crippen LogP contribution in [0.15, 0.2) is 35.1 Å². The molecular weight excluding hydrogens is 280 g/mol. The standard InChI is InChI=1S/C17H18N2O3/c1-22-13-7-4-6-12(10-13)18-16(20)14-9-11-5-2-3-8-15(11)19-17(14)21/h4,6-7,9-10H,2-3,5,8H2,1H3,(H,18,20)(H,19,21). The van der Waals surface area contributed by atoms with Crippen molar-refractivity contribution in [1.29, 1.82) is 0 Å². The number of carbonyl (C=O) groups is 1. The number of carbonyl (C=O) groups excluding carboxylic acids is 1. The maximum atomic E-state index is 12.3. The Hall–Kier alpha value is -2.56. The van der Waals surface area contributed by atoms with Crippen LogP contribution < -0.4 is 15.6 Å². The van der Waals surface area contributed by atoms with Gasteiger partial charge in [-0.1, -0.05) is 6.07 Å². The smallest absolute Gasteiger partial charge is 0.261 e. The van der Waals surface area contributed by atoms with Gasteiger partial charge in [-0.2, -0.15) is 0 Å². The lowest BCUT2D eigenvalue weighted by atomic mass is 9.95. The Kier molecular flexibility index (Phi) is 3.96. The van der Waals surface area contributed by atoms with Crippen LogP contribution in [0.5, 0.6) is 5.75 Å². The number of ether oxygens (including phenoxy) is 1. The molecule has 1 heterocycles. The number of nitrogens with one attached hydrogen (secondary N) is 2. The van der Waals surface area contributed by atoms with Gasteiger partial charge in [0.15, 0.2) is 0 Å². The van der Waals surface area contributed by atoms with E-state index in [1.54, 1.807) is 37.4 Å². The summed E-state index contributed by atoms with van der Waals surface area (Å²) in [7, 11) is 1.56. The summed E-state index contributed by atoms with van der Waals surface area (Å²) in [5, 5.41) is 2.74. The monoisotopic (exact) mass is 298 g/mol. The van der Waals surface area contributed by atoms with Gasteiger partial charge in [-0.3, -0.25) is 9.59 Å². The van der Waals surface area contributed by atoms with Crippen LogP contribution >= 0.6 is 0 Å². The van der Waals surface area contributed by atoms with Crippen molar-refractivity contribution in [3.63, 3.8) is 0 Å². The molecule has 114 valence electrons. The summed E-state index contributed by atoms with van der Waals surface area (Å²) in [6.45, 7) is 0. The first kappa shape index (κ1) is 14.4. The first-order valence-electron chi connectivity index (χ1n) is 7.38. The summed E-state index contributed by atoms with van der Waals surface area (Å²) in [6, 6.07) is 8.77. The van der Waals surface area contributed by atoms with Gasteiger partial charge >= 0.3 is 0 Å². The van der Waals surface area contributed by atoms with E-state index in [1.807, 2.05) is 0 Å². The quantitative estimate of drug-likeness (QED) is 0.914. The average molecular weight is 298 g/mol. The summed E-state index contributed by atoms with van der Waals surface area (Å²) in [4.78, 5) is 27.3. The van der Waals surface area contributed by atoms with E-state index in [-0.39, 0.29) is 11.1 Å². The zero-order valence-corrected chi connectivity index (χ0v) is 12.4. The first-order valence-corrected chi connectivity index (χ1v) is 7.38. The Morgan fingerprint density at radius 3 is 2.86 bits per heavy atom. The van der Waals surface area contributed by atoms with Crippen molar-refractivity contribution >= 4 is 11.6 Å². The van der Waals surface area contributed by atoms with E-state index in [4.69, 9.17) is 4.74 Å². The van der Waals surface area contributed by atoms with Crippen molar-refractivity contribution in [2.24, 2.45) is 0 Å². The largest absolute Gasteiger partial charge is 0.497 e. The Bertz CT molecular complexity index is 765. The molecule has 0 radical (unpaired) electrons. The Morgan fingerprint density at radius 1 is 1.23 bits per heavy atom. The van der Waals surface area contributed by atoms with Gasteiger partial charge in [-0.15, -0.1) is 0 Å². The second-order valence-electron chi connectivity index (χ2n) is 5.41. The molecule has 0 bridgehead atoms. The highest BCUT2D eigenvalue weighted by Crippen LogP contribution is 2.20. The lowest BCUT2D eigenvalue weighted by molar-refractivity contribution is 0.102. The Labute approximate surface area is 128 Å². The molecular formula is C17H18N2O3. The zero-order chi connectivity index (χ0) is 15.5. The number of amides is 1. The molecule has 3 rings (SSSR count). The highest BCUT2D eigenvalue weighted by Gasteiger charge is 2.17. The summed E-state index contributed by atoms with van der Waals surface area (Å²) >= 11 is 0. The molecule has 1 aliphatic rings. The second kappa shape index (κ2) is 6.05. The zero-order valence-electron chi connectivity index (χ0n) is 12.4. The molecule has 2 aromatic rings. The summed E-state index contributed by atoms with van der Waals surface area (Å²) < 4.78 is 5.12. The molecule has 0 atom stereocenters. The Balaban J connectivity index is 1.87. The predicted molar refractivity (Wildman–Crippen MR) is 84.7 cm³/mol. The number of fused-ring (bicyclic) bond motifs is 1. The fourth-order valence-electron chi connectivity index (χ4n) is 2.74. The van der Waals surface area contributed by atoms with E-state index in [9.17, 15) is 9.59 Å². The van der Waals surface area contributed by atoms with Crippen LogP contribution in [-0.2, 0) is 12.8 Å². The van der Waals surface area contributed by atoms with Crippen molar-refractivity contribution in [3.8, 4) is 5.75 Å². The highest BCUT2D eigenvalue weighted by atomic mass is 16.5. The maximum Gasteiger partial charge on any atom is 0.261 e. The van der Waals surface area contributed by atoms with Crippen LogP contribution in [0.1, 0.15) is 34.5 Å². The third-order valence-electron chi connectivity index (χ3n) is 3.91. The molecule has 22 heavy (non-hydrogen) atoms. The number of hydrogen-bond donors (Lipinski definition) is 2. The number of benzene rings is 1. The van der Waals surface area contributed by atoms with Crippen LogP contribution in [0.2, 0.25) is 0 Å². The maximum absolute atomic E-state index is 12.3. The van der Waals surface area contributed by atoms with Crippen LogP contribution in [0.25, 0.3) is 0 Å². The van der Waals surface area contributed by atoms with Gasteiger partial charge < -0.3 is 15.0 Å². The number of methoxy groups -OCH3 is 1. The second-order valence-corrected chi connectivity index (χ2v) is 5.41. The van der Waals surface area contributed by atoms with Gasteiger partial charge in [0.25, 0.3) is 11.5 Å². The highest BCUT2D eigenvalue weighted by molar-refractivity contribution is 6.04. The molecule has 1 aliphatic carbocycles. The fourth-order valence-corrected chi connectivity index (χ4v) is 2.74. The molecule has 0 fully saturated rings. The molecule has 1 amide bonds. The third kappa shape index (κ3) is 2.88. The van der Waals surface area contributed by atoms with Gasteiger partial charge in [0.05, 0.1) is 7.11 Å². The molecule has 2 N–H and O–H groups in total. The molecule has 0 unspecified atom stereocenters. The van der Waals surface area contributed by atoms with E-state index >= 15 is 0 Å². The van der Waals surface area contributed by atoms with E-state index in [0.717, 1.165) is 36.9 Å². The minimum atomic E-state index is -0.400. The number of aryl methyl sites for hydroxylation is 2. The number of anilines is 1. The van der Waals surface area contributed by atoms with E-state index in [2.05, 4.69) is 10.3 Å². The molecule has 1 aromatic carbocycles. The van der Waals surface area contributed by atoms with Crippen molar-refractivity contribution in [3.05, 3.63) is 57.5 Å². The van der Waals surface area contributed by atoms with Crippen molar-refractivity contribution in [2.45, 2.75) is 25.7 Å². The number of hydrogen-bond acceptors (Lipinski definition) is 3. The van der Waals surface area contributed by atoms with Gasteiger partial charge in [0, 0.05) is 17.4 Å². The van der Waals surface area contributed by atoms with E-state index in [0.29, 0.717) is 11.4 Å². The van der Waals surface area contributed by atoms with Gasteiger partial charge in [-0.25, -0.2) is 0 Å². The van der Waals surface area contributed by atoms with Crippen molar-refractivity contribution in [1.82, 2.24) is 4.98 Å². The molecule has 5 nitrogen and oxygen atoms in total. The van der Waals surface area contributed by atoms with Crippen LogP contribution in [0, 0.1) is 0 Å². The van der Waals surface area contributed by atoms with Gasteiger partial charge in [-0.05, 0) is 49.4 Å². The lowest BCUT2D eigenvalue weighted by Gasteiger charge is -2.16. The third-order valence-corrected chi connectivity index (χ3v) is 3.91. The molecule has 5 heteroatoms. The van der Waals surface area contributed by atoms with Crippen LogP contribution in [-0.4, -0.2) is 18.0 Å². The van der Waals surface area contributed by atoms with Crippen molar-refractivity contribution < 1.29 is 9.53 Å². The van der Waals surface area contributed by atoms with Crippen LogP contribution in [0.3, 0.4) is 0 Å². The molecule has 0 saturated carbocycles. The number of pyridine rings is 1. The number of rotatable bonds is 3. The fraction of sp³-hybridized carbons (Fsp3) is 0.294. The van der Waals surface area contributed by atoms with E-state index < -0.39 is 5.91 Å². The number of aromatic amines is 1. The number of aromatic nitrogens is 1. The van der Waals surface area contributed by atoms with E-state index in [1.165, 1.54) is 0 Å². The normalized spacial score (nSPS) is 13.3. The summed E-state index contributed by atoms with van der Waals surface area (Å²) in [6.07, 6.45) is 3.96.